The topological polar surface area (TPSA) is 47.3 Å². The Labute approximate surface area is 75.0 Å². The van der Waals surface area contributed by atoms with E-state index in [0.717, 1.165) is 19.6 Å². The number of ether oxygens (including phenoxy) is 1. The fourth-order valence-electron chi connectivity index (χ4n) is 0.683. The highest BCUT2D eigenvalue weighted by atomic mass is 16.5. The van der Waals surface area contributed by atoms with Gasteiger partial charge in [-0.1, -0.05) is 0 Å². The molecule has 0 spiro atoms. The molecule has 0 aromatic carbocycles. The van der Waals surface area contributed by atoms with Crippen molar-refractivity contribution in [3.8, 4) is 0 Å². The molecule has 1 atom stereocenters. The third-order valence-corrected chi connectivity index (χ3v) is 1.72. The largest absolute Gasteiger partial charge is 0.391 e. The van der Waals surface area contributed by atoms with E-state index in [-0.39, 0.29) is 6.04 Å². The van der Waals surface area contributed by atoms with Gasteiger partial charge in [0.25, 0.3) is 0 Å². The molecule has 0 heterocycles. The monoisotopic (exact) mass is 172 g/mol. The molecule has 0 radical (unpaired) electrons. The fourth-order valence-corrected chi connectivity index (χ4v) is 0.683. The first kappa shape index (κ1) is 11.5. The lowest BCUT2D eigenvalue weighted by atomic mass is 10.2. The van der Waals surface area contributed by atoms with E-state index < -0.39 is 0 Å². The first-order valence-corrected chi connectivity index (χ1v) is 4.33. The van der Waals surface area contributed by atoms with E-state index >= 15 is 0 Å². The highest BCUT2D eigenvalue weighted by molar-refractivity contribution is 5.03. The minimum atomic E-state index is 0.139. The summed E-state index contributed by atoms with van der Waals surface area (Å²) < 4.78 is 4.91. The highest BCUT2D eigenvalue weighted by Gasteiger charge is 1.93. The average Bonchev–Trinajstić information content (AvgIpc) is 2.03. The second-order valence-electron chi connectivity index (χ2n) is 2.98. The molecule has 3 heteroatoms. The average molecular weight is 172 g/mol. The fraction of sp³-hybridized carbons (Fsp3) is 0.778. The maximum atomic E-state index is 5.64. The van der Waals surface area contributed by atoms with E-state index in [1.54, 1.807) is 7.11 Å². The number of nitrogens with two attached hydrogens (primary N) is 1. The van der Waals surface area contributed by atoms with Crippen molar-refractivity contribution in [2.75, 3.05) is 20.3 Å². The predicted molar refractivity (Wildman–Crippen MR) is 51.9 cm³/mol. The molecule has 0 aliphatic heterocycles. The molecule has 0 bridgehead atoms. The number of nitrogens with one attached hydrogen (secondary N) is 1. The SMILES string of the molecule is COCCCN/C=C(/C)C(C)N. The van der Waals surface area contributed by atoms with Gasteiger partial charge in [-0.2, -0.15) is 0 Å². The van der Waals surface area contributed by atoms with Crippen molar-refractivity contribution < 1.29 is 4.74 Å². The molecule has 0 rings (SSSR count). The lowest BCUT2D eigenvalue weighted by Crippen LogP contribution is -2.19. The van der Waals surface area contributed by atoms with Gasteiger partial charge in [-0.05, 0) is 32.0 Å². The van der Waals surface area contributed by atoms with E-state index in [4.69, 9.17) is 10.5 Å². The van der Waals surface area contributed by atoms with Gasteiger partial charge in [-0.3, -0.25) is 0 Å². The molecular weight excluding hydrogens is 152 g/mol. The number of hydrogen-bond acceptors (Lipinski definition) is 3. The van der Waals surface area contributed by atoms with Crippen LogP contribution in [0.3, 0.4) is 0 Å². The Kier molecular flexibility index (Phi) is 6.81. The molecule has 1 unspecified atom stereocenters. The lowest BCUT2D eigenvalue weighted by Gasteiger charge is -2.06. The smallest absolute Gasteiger partial charge is 0.0479 e. The van der Waals surface area contributed by atoms with Crippen molar-refractivity contribution >= 4 is 0 Å². The Morgan fingerprint density at radius 2 is 2.33 bits per heavy atom. The van der Waals surface area contributed by atoms with Crippen molar-refractivity contribution in [2.24, 2.45) is 5.73 Å². The standard InChI is InChI=1S/C9H20N2O/c1-8(9(2)10)7-11-5-4-6-12-3/h7,9,11H,4-6,10H2,1-3H3/b8-7-. The van der Waals surface area contributed by atoms with E-state index in [2.05, 4.69) is 5.32 Å². The molecule has 0 saturated carbocycles. The Hall–Kier alpha value is -0.540. The molecule has 0 aliphatic carbocycles. The summed E-state index contributed by atoms with van der Waals surface area (Å²) in [6, 6.07) is 0.139. The zero-order chi connectivity index (χ0) is 9.40. The third-order valence-electron chi connectivity index (χ3n) is 1.72. The molecule has 0 aromatic heterocycles. The summed E-state index contributed by atoms with van der Waals surface area (Å²) in [5.74, 6) is 0. The van der Waals surface area contributed by atoms with Crippen LogP contribution < -0.4 is 11.1 Å². The molecule has 72 valence electrons. The summed E-state index contributed by atoms with van der Waals surface area (Å²) in [5, 5.41) is 3.18. The lowest BCUT2D eigenvalue weighted by molar-refractivity contribution is 0.195. The third kappa shape index (κ3) is 6.19. The van der Waals surface area contributed by atoms with Gasteiger partial charge in [0.15, 0.2) is 0 Å². The minimum Gasteiger partial charge on any atom is -0.391 e. The van der Waals surface area contributed by atoms with Crippen molar-refractivity contribution in [3.63, 3.8) is 0 Å². The van der Waals surface area contributed by atoms with Crippen LogP contribution in [0.4, 0.5) is 0 Å². The number of hydrogen-bond donors (Lipinski definition) is 2. The minimum absolute atomic E-state index is 0.139. The summed E-state index contributed by atoms with van der Waals surface area (Å²) in [6.45, 7) is 5.74. The van der Waals surface area contributed by atoms with Crippen molar-refractivity contribution in [3.05, 3.63) is 11.8 Å². The van der Waals surface area contributed by atoms with Crippen LogP contribution in [-0.4, -0.2) is 26.3 Å². The summed E-state index contributed by atoms with van der Waals surface area (Å²) in [5.41, 5.74) is 6.82. The van der Waals surface area contributed by atoms with Gasteiger partial charge in [0.2, 0.25) is 0 Å². The molecule has 3 nitrogen and oxygen atoms in total. The van der Waals surface area contributed by atoms with Crippen molar-refractivity contribution in [2.45, 2.75) is 26.3 Å². The summed E-state index contributed by atoms with van der Waals surface area (Å²) in [4.78, 5) is 0. The summed E-state index contributed by atoms with van der Waals surface area (Å²) in [6.07, 6.45) is 3.00. The van der Waals surface area contributed by atoms with Crippen LogP contribution in [0.1, 0.15) is 20.3 Å². The van der Waals surface area contributed by atoms with Crippen LogP contribution in [0.5, 0.6) is 0 Å². The number of rotatable bonds is 6. The van der Waals surface area contributed by atoms with E-state index in [1.807, 2.05) is 20.0 Å². The Bertz CT molecular complexity index is 132. The molecule has 0 saturated heterocycles. The second-order valence-corrected chi connectivity index (χ2v) is 2.98. The molecular formula is C9H20N2O. The maximum Gasteiger partial charge on any atom is 0.0479 e. The predicted octanol–water partition coefficient (Wildman–Crippen LogP) is 0.863. The van der Waals surface area contributed by atoms with Crippen molar-refractivity contribution in [1.29, 1.82) is 0 Å². The van der Waals surface area contributed by atoms with Crippen LogP contribution in [0.15, 0.2) is 11.8 Å². The van der Waals surface area contributed by atoms with Gasteiger partial charge >= 0.3 is 0 Å². The Balaban J connectivity index is 3.34. The highest BCUT2D eigenvalue weighted by Crippen LogP contribution is 1.94. The quantitative estimate of drug-likeness (QED) is 0.584. The zero-order valence-corrected chi connectivity index (χ0v) is 8.26. The molecule has 0 amide bonds. The molecule has 0 aliphatic rings. The summed E-state index contributed by atoms with van der Waals surface area (Å²) >= 11 is 0. The maximum absolute atomic E-state index is 5.64. The van der Waals surface area contributed by atoms with Crippen LogP contribution in [0, 0.1) is 0 Å². The van der Waals surface area contributed by atoms with Gasteiger partial charge in [0, 0.05) is 26.3 Å². The first-order chi connectivity index (χ1) is 5.68. The second kappa shape index (κ2) is 7.13. The van der Waals surface area contributed by atoms with E-state index in [1.165, 1.54) is 5.57 Å². The van der Waals surface area contributed by atoms with Gasteiger partial charge in [-0.15, -0.1) is 0 Å². The summed E-state index contributed by atoms with van der Waals surface area (Å²) in [7, 11) is 1.71. The van der Waals surface area contributed by atoms with Crippen LogP contribution in [0.25, 0.3) is 0 Å². The molecule has 12 heavy (non-hydrogen) atoms. The normalized spacial score (nSPS) is 14.5. The number of methoxy groups -OCH3 is 1. The first-order valence-electron chi connectivity index (χ1n) is 4.33. The van der Waals surface area contributed by atoms with Gasteiger partial charge < -0.3 is 15.8 Å². The van der Waals surface area contributed by atoms with E-state index in [0.29, 0.717) is 0 Å². The van der Waals surface area contributed by atoms with Gasteiger partial charge in [0.1, 0.15) is 0 Å². The van der Waals surface area contributed by atoms with Gasteiger partial charge in [-0.25, -0.2) is 0 Å². The van der Waals surface area contributed by atoms with Gasteiger partial charge in [0.05, 0.1) is 0 Å². The molecule has 0 fully saturated rings. The van der Waals surface area contributed by atoms with Crippen LogP contribution >= 0.6 is 0 Å². The molecule has 3 N–H and O–H groups in total. The zero-order valence-electron chi connectivity index (χ0n) is 8.26. The van der Waals surface area contributed by atoms with Crippen LogP contribution in [-0.2, 0) is 4.74 Å². The van der Waals surface area contributed by atoms with E-state index in [9.17, 15) is 0 Å². The Morgan fingerprint density at radius 1 is 1.67 bits per heavy atom. The Morgan fingerprint density at radius 3 is 2.83 bits per heavy atom. The van der Waals surface area contributed by atoms with Crippen LogP contribution in [0.2, 0.25) is 0 Å². The molecule has 0 aromatic rings. The van der Waals surface area contributed by atoms with Crippen molar-refractivity contribution in [1.82, 2.24) is 5.32 Å².